The standard InChI is InChI=1S/C14H16N2O5/c1-2-4-12(14(18)19)15-13(17)8-7-10-5-3-6-11(9-10)16(20)21/h3,5-9,12H,2,4H2,1H3,(H,15,17)(H,18,19)/b8-7+/t12-/m1/s1. The van der Waals surface area contributed by atoms with Gasteiger partial charge in [-0.2, -0.15) is 0 Å². The summed E-state index contributed by atoms with van der Waals surface area (Å²) in [6.45, 7) is 1.82. The van der Waals surface area contributed by atoms with Crippen LogP contribution in [0.15, 0.2) is 30.3 Å². The second-order valence-electron chi connectivity index (χ2n) is 4.37. The van der Waals surface area contributed by atoms with Crippen LogP contribution in [0.4, 0.5) is 5.69 Å². The van der Waals surface area contributed by atoms with E-state index in [1.54, 1.807) is 6.07 Å². The van der Waals surface area contributed by atoms with Crippen molar-refractivity contribution in [2.24, 2.45) is 0 Å². The lowest BCUT2D eigenvalue weighted by atomic mass is 10.1. The largest absolute Gasteiger partial charge is 0.480 e. The maximum absolute atomic E-state index is 11.6. The molecule has 0 radical (unpaired) electrons. The van der Waals surface area contributed by atoms with E-state index >= 15 is 0 Å². The number of nitrogens with zero attached hydrogens (tertiary/aromatic N) is 1. The van der Waals surface area contributed by atoms with Gasteiger partial charge in [0.05, 0.1) is 4.92 Å². The van der Waals surface area contributed by atoms with Gasteiger partial charge in [0.1, 0.15) is 6.04 Å². The van der Waals surface area contributed by atoms with Gasteiger partial charge in [0.2, 0.25) is 5.91 Å². The van der Waals surface area contributed by atoms with E-state index in [0.29, 0.717) is 18.4 Å². The number of amides is 1. The fraction of sp³-hybridized carbons (Fsp3) is 0.286. The lowest BCUT2D eigenvalue weighted by molar-refractivity contribution is -0.384. The predicted octanol–water partition coefficient (Wildman–Crippen LogP) is 1.98. The summed E-state index contributed by atoms with van der Waals surface area (Å²) in [7, 11) is 0. The number of non-ortho nitro benzene ring substituents is 1. The highest BCUT2D eigenvalue weighted by Gasteiger charge is 2.17. The zero-order valence-electron chi connectivity index (χ0n) is 11.5. The Kier molecular flexibility index (Phi) is 6.06. The summed E-state index contributed by atoms with van der Waals surface area (Å²) in [6, 6.07) is 4.85. The van der Waals surface area contributed by atoms with Crippen LogP contribution in [0.1, 0.15) is 25.3 Å². The van der Waals surface area contributed by atoms with Crippen molar-refractivity contribution in [1.29, 1.82) is 0 Å². The summed E-state index contributed by atoms with van der Waals surface area (Å²) in [6.07, 6.45) is 3.52. The molecule has 0 saturated heterocycles. The van der Waals surface area contributed by atoms with E-state index < -0.39 is 22.8 Å². The molecule has 112 valence electrons. The van der Waals surface area contributed by atoms with E-state index in [-0.39, 0.29) is 5.69 Å². The van der Waals surface area contributed by atoms with Crippen LogP contribution in [0.2, 0.25) is 0 Å². The minimum Gasteiger partial charge on any atom is -0.480 e. The van der Waals surface area contributed by atoms with Gasteiger partial charge in [-0.1, -0.05) is 25.5 Å². The van der Waals surface area contributed by atoms with Crippen molar-refractivity contribution in [2.45, 2.75) is 25.8 Å². The smallest absolute Gasteiger partial charge is 0.326 e. The van der Waals surface area contributed by atoms with Gasteiger partial charge in [-0.25, -0.2) is 4.79 Å². The van der Waals surface area contributed by atoms with Gasteiger partial charge in [0, 0.05) is 18.2 Å². The quantitative estimate of drug-likeness (QED) is 0.453. The Bertz CT molecular complexity index is 568. The number of nitro benzene ring substituents is 1. The Hall–Kier alpha value is -2.70. The Labute approximate surface area is 121 Å². The third-order valence-electron chi connectivity index (χ3n) is 2.70. The van der Waals surface area contributed by atoms with Crippen molar-refractivity contribution in [3.05, 3.63) is 46.0 Å². The first kappa shape index (κ1) is 16.4. The average molecular weight is 292 g/mol. The first-order valence-electron chi connectivity index (χ1n) is 6.40. The van der Waals surface area contributed by atoms with E-state index in [9.17, 15) is 19.7 Å². The Morgan fingerprint density at radius 2 is 2.19 bits per heavy atom. The van der Waals surface area contributed by atoms with E-state index in [0.717, 1.165) is 6.08 Å². The molecule has 0 aliphatic heterocycles. The van der Waals surface area contributed by atoms with Gasteiger partial charge in [-0.15, -0.1) is 0 Å². The summed E-state index contributed by atoms with van der Waals surface area (Å²) < 4.78 is 0. The maximum Gasteiger partial charge on any atom is 0.326 e. The molecule has 0 bridgehead atoms. The van der Waals surface area contributed by atoms with Crippen LogP contribution in [0.5, 0.6) is 0 Å². The van der Waals surface area contributed by atoms with Crippen LogP contribution in [0.25, 0.3) is 6.08 Å². The summed E-state index contributed by atoms with van der Waals surface area (Å²) in [5.41, 5.74) is 0.411. The van der Waals surface area contributed by atoms with Crippen LogP contribution >= 0.6 is 0 Å². The first-order valence-corrected chi connectivity index (χ1v) is 6.40. The minimum absolute atomic E-state index is 0.0769. The van der Waals surface area contributed by atoms with Gasteiger partial charge in [0.25, 0.3) is 5.69 Å². The molecule has 0 aliphatic rings. The molecular formula is C14H16N2O5. The number of nitrogens with one attached hydrogen (secondary N) is 1. The number of carboxylic acid groups (broad SMARTS) is 1. The molecule has 0 aromatic heterocycles. The minimum atomic E-state index is -1.09. The highest BCUT2D eigenvalue weighted by atomic mass is 16.6. The molecule has 0 aliphatic carbocycles. The van der Waals surface area contributed by atoms with Crippen LogP contribution < -0.4 is 5.32 Å². The molecule has 1 rings (SSSR count). The number of carboxylic acids is 1. The lowest BCUT2D eigenvalue weighted by Gasteiger charge is -2.11. The second kappa shape index (κ2) is 7.78. The molecule has 7 heteroatoms. The first-order chi connectivity index (χ1) is 9.93. The number of carbonyl (C=O) groups excluding carboxylic acids is 1. The number of hydrogen-bond acceptors (Lipinski definition) is 4. The molecular weight excluding hydrogens is 276 g/mol. The third kappa shape index (κ3) is 5.43. The summed E-state index contributed by atoms with van der Waals surface area (Å²) in [5.74, 6) is -1.64. The van der Waals surface area contributed by atoms with E-state index in [1.165, 1.54) is 24.3 Å². The maximum atomic E-state index is 11.6. The Morgan fingerprint density at radius 3 is 2.76 bits per heavy atom. The predicted molar refractivity (Wildman–Crippen MR) is 76.6 cm³/mol. The van der Waals surface area contributed by atoms with E-state index in [4.69, 9.17) is 5.11 Å². The van der Waals surface area contributed by atoms with Gasteiger partial charge in [-0.3, -0.25) is 14.9 Å². The fourth-order valence-corrected chi connectivity index (χ4v) is 1.68. The lowest BCUT2D eigenvalue weighted by Crippen LogP contribution is -2.39. The molecule has 1 aromatic carbocycles. The Balaban J connectivity index is 2.71. The Morgan fingerprint density at radius 1 is 1.48 bits per heavy atom. The van der Waals surface area contributed by atoms with Gasteiger partial charge in [0.15, 0.2) is 0 Å². The van der Waals surface area contributed by atoms with Gasteiger partial charge >= 0.3 is 5.97 Å². The molecule has 21 heavy (non-hydrogen) atoms. The molecule has 0 unspecified atom stereocenters. The zero-order valence-corrected chi connectivity index (χ0v) is 11.5. The number of benzene rings is 1. The number of nitro groups is 1. The summed E-state index contributed by atoms with van der Waals surface area (Å²) in [5, 5.41) is 21.9. The molecule has 1 amide bonds. The second-order valence-corrected chi connectivity index (χ2v) is 4.37. The molecule has 1 aromatic rings. The van der Waals surface area contributed by atoms with Gasteiger partial charge < -0.3 is 10.4 Å². The van der Waals surface area contributed by atoms with Crippen molar-refractivity contribution in [1.82, 2.24) is 5.32 Å². The molecule has 7 nitrogen and oxygen atoms in total. The number of hydrogen-bond donors (Lipinski definition) is 2. The normalized spacial score (nSPS) is 12.0. The highest BCUT2D eigenvalue weighted by Crippen LogP contribution is 2.14. The van der Waals surface area contributed by atoms with Crippen molar-refractivity contribution < 1.29 is 19.6 Å². The molecule has 2 N–H and O–H groups in total. The third-order valence-corrected chi connectivity index (χ3v) is 2.70. The summed E-state index contributed by atoms with van der Waals surface area (Å²) >= 11 is 0. The molecule has 0 heterocycles. The topological polar surface area (TPSA) is 110 Å². The van der Waals surface area contributed by atoms with Crippen molar-refractivity contribution in [3.8, 4) is 0 Å². The average Bonchev–Trinajstić information content (AvgIpc) is 2.45. The number of aliphatic carboxylic acids is 1. The van der Waals surface area contributed by atoms with Crippen molar-refractivity contribution in [3.63, 3.8) is 0 Å². The van der Waals surface area contributed by atoms with Crippen LogP contribution in [0, 0.1) is 10.1 Å². The monoisotopic (exact) mass is 292 g/mol. The number of rotatable bonds is 7. The van der Waals surface area contributed by atoms with Gasteiger partial charge in [-0.05, 0) is 18.1 Å². The summed E-state index contributed by atoms with van der Waals surface area (Å²) in [4.78, 5) is 32.6. The van der Waals surface area contributed by atoms with Crippen LogP contribution in [0.3, 0.4) is 0 Å². The van der Waals surface area contributed by atoms with E-state index in [2.05, 4.69) is 5.32 Å². The van der Waals surface area contributed by atoms with Crippen LogP contribution in [-0.2, 0) is 9.59 Å². The van der Waals surface area contributed by atoms with E-state index in [1.807, 2.05) is 6.92 Å². The fourth-order valence-electron chi connectivity index (χ4n) is 1.68. The van der Waals surface area contributed by atoms with Crippen molar-refractivity contribution >= 4 is 23.6 Å². The van der Waals surface area contributed by atoms with Crippen LogP contribution in [-0.4, -0.2) is 27.9 Å². The molecule has 0 saturated carbocycles. The molecule has 1 atom stereocenters. The zero-order chi connectivity index (χ0) is 15.8. The highest BCUT2D eigenvalue weighted by molar-refractivity contribution is 5.94. The molecule has 0 fully saturated rings. The SMILES string of the molecule is CCC[C@@H](NC(=O)/C=C/c1cccc([N+](=O)[O-])c1)C(=O)O. The molecule has 0 spiro atoms. The van der Waals surface area contributed by atoms with Crippen molar-refractivity contribution in [2.75, 3.05) is 0 Å². The number of carbonyl (C=O) groups is 2.